The lowest BCUT2D eigenvalue weighted by Gasteiger charge is -2.35. The Morgan fingerprint density at radius 1 is 0.929 bits per heavy atom. The van der Waals surface area contributed by atoms with Crippen LogP contribution in [0.4, 0.5) is 51.1 Å². The number of carboxylic acid groups (broad SMARTS) is 1. The average Bonchev–Trinajstić information content (AvgIpc) is 3.08. The third-order valence-electron chi connectivity index (χ3n) is 9.39. The number of sulfone groups is 1. The Kier molecular flexibility index (Phi) is 13.6. The van der Waals surface area contributed by atoms with E-state index in [-0.39, 0.29) is 79.0 Å². The number of carbonyl (C=O) groups excluding carboxylic acids is 1. The van der Waals surface area contributed by atoms with Gasteiger partial charge in [0.2, 0.25) is 5.95 Å². The molecule has 0 aliphatic heterocycles. The number of halogens is 9. The van der Waals surface area contributed by atoms with Gasteiger partial charge in [-0.25, -0.2) is 18.4 Å². The number of ketones is 1. The van der Waals surface area contributed by atoms with Crippen LogP contribution in [0.15, 0.2) is 48.8 Å². The first kappa shape index (κ1) is 44.1. The molecule has 1 aliphatic carbocycles. The van der Waals surface area contributed by atoms with Gasteiger partial charge in [-0.05, 0) is 80.1 Å². The van der Waals surface area contributed by atoms with Gasteiger partial charge in [-0.3, -0.25) is 9.59 Å². The molecule has 1 aliphatic rings. The Morgan fingerprint density at radius 3 is 2.02 bits per heavy atom. The Hall–Kier alpha value is -4.62. The highest BCUT2D eigenvalue weighted by Crippen LogP contribution is 2.41. The molecule has 0 radical (unpaired) electrons. The largest absolute Gasteiger partial charge is 0.489 e. The molecule has 1 aromatic heterocycles. The van der Waals surface area contributed by atoms with E-state index < -0.39 is 75.1 Å². The number of aliphatic carboxylic acids is 1. The minimum Gasteiger partial charge on any atom is -0.489 e. The minimum absolute atomic E-state index is 0.0249. The van der Waals surface area contributed by atoms with Crippen LogP contribution in [-0.2, 0) is 44.5 Å². The Labute approximate surface area is 316 Å². The van der Waals surface area contributed by atoms with E-state index in [0.29, 0.717) is 25.0 Å². The van der Waals surface area contributed by atoms with Gasteiger partial charge in [0.25, 0.3) is 0 Å². The number of aromatic nitrogens is 2. The van der Waals surface area contributed by atoms with Gasteiger partial charge in [-0.15, -0.1) is 0 Å². The predicted octanol–water partition coefficient (Wildman–Crippen LogP) is 8.01. The van der Waals surface area contributed by atoms with Crippen LogP contribution in [0.1, 0.15) is 73.4 Å². The van der Waals surface area contributed by atoms with E-state index in [1.807, 2.05) is 0 Å². The van der Waals surface area contributed by atoms with Crippen molar-refractivity contribution in [3.05, 3.63) is 76.6 Å². The summed E-state index contributed by atoms with van der Waals surface area (Å²) in [6, 6.07) is 2.33. The molecule has 4 rings (SSSR count). The van der Waals surface area contributed by atoms with E-state index >= 15 is 0 Å². The van der Waals surface area contributed by atoms with Crippen molar-refractivity contribution in [2.45, 2.75) is 70.6 Å². The number of nitrogens with zero attached hydrogens (tertiary/aromatic N) is 4. The second kappa shape index (κ2) is 17.3. The van der Waals surface area contributed by atoms with Crippen LogP contribution in [0, 0.1) is 11.8 Å². The Balaban J connectivity index is 1.81. The van der Waals surface area contributed by atoms with Gasteiger partial charge in [-0.2, -0.15) is 39.5 Å². The fourth-order valence-electron chi connectivity index (χ4n) is 6.45. The summed E-state index contributed by atoms with van der Waals surface area (Å²) in [6.07, 6.45) is -11.7. The van der Waals surface area contributed by atoms with Gasteiger partial charge in [0.1, 0.15) is 12.4 Å². The quantitative estimate of drug-likeness (QED) is 0.151. The molecule has 0 unspecified atom stereocenters. The maximum Gasteiger partial charge on any atom is 0.416 e. The number of rotatable bonds is 15. The van der Waals surface area contributed by atoms with E-state index in [4.69, 9.17) is 9.84 Å². The van der Waals surface area contributed by atoms with Crippen LogP contribution in [0.5, 0.6) is 5.75 Å². The number of ether oxygens (including phenoxy) is 1. The maximum atomic E-state index is 14.1. The molecule has 0 spiro atoms. The summed E-state index contributed by atoms with van der Waals surface area (Å²) in [5.41, 5.74) is -4.68. The van der Waals surface area contributed by atoms with Crippen molar-refractivity contribution in [2.75, 3.05) is 41.5 Å². The van der Waals surface area contributed by atoms with Crippen molar-refractivity contribution < 1.29 is 67.4 Å². The van der Waals surface area contributed by atoms with Gasteiger partial charge in [0, 0.05) is 43.9 Å². The summed E-state index contributed by atoms with van der Waals surface area (Å²) in [5, 5.41) is 9.15. The summed E-state index contributed by atoms with van der Waals surface area (Å²) in [6.45, 7) is 2.42. The molecule has 0 saturated heterocycles. The van der Waals surface area contributed by atoms with Crippen molar-refractivity contribution in [1.82, 2.24) is 9.97 Å². The number of hydrogen-bond donors (Lipinski definition) is 1. The third kappa shape index (κ3) is 11.9. The number of Topliss-reactive ketones (excluding diaryl/α,β-unsaturated/α-hetero) is 1. The van der Waals surface area contributed by atoms with Crippen LogP contribution >= 0.6 is 0 Å². The highest BCUT2D eigenvalue weighted by molar-refractivity contribution is 7.90. The average molecular weight is 827 g/mol. The van der Waals surface area contributed by atoms with Crippen molar-refractivity contribution in [1.29, 1.82) is 0 Å². The number of carboxylic acids is 1. The summed E-state index contributed by atoms with van der Waals surface area (Å²) in [4.78, 5) is 35.1. The van der Waals surface area contributed by atoms with Gasteiger partial charge in [0.15, 0.2) is 15.6 Å². The van der Waals surface area contributed by atoms with E-state index in [1.165, 1.54) is 13.0 Å². The lowest BCUT2D eigenvalue weighted by atomic mass is 9.79. The lowest BCUT2D eigenvalue weighted by molar-refractivity contribution is -0.143. The van der Waals surface area contributed by atoms with Crippen molar-refractivity contribution in [3.8, 4) is 5.75 Å². The fraction of sp³-hybridized carbons (Fsp3) is 0.500. The zero-order chi connectivity index (χ0) is 41.8. The monoisotopic (exact) mass is 826 g/mol. The molecule has 1 fully saturated rings. The van der Waals surface area contributed by atoms with Gasteiger partial charge < -0.3 is 19.6 Å². The molecule has 0 bridgehead atoms. The number of anilines is 2. The second-order valence-electron chi connectivity index (χ2n) is 13.6. The molecule has 1 heterocycles. The topological polar surface area (TPSA) is 130 Å². The van der Waals surface area contributed by atoms with Crippen LogP contribution in [0.2, 0.25) is 0 Å². The van der Waals surface area contributed by atoms with E-state index in [1.54, 1.807) is 11.8 Å². The highest BCUT2D eigenvalue weighted by Gasteiger charge is 2.39. The SMILES string of the molecule is CCN(C[C@H]1CC[C@H](CC(=O)O)C(=O)C1)c1ccc(C(F)(F)F)cc1CN(c1ncc(OCCS(C)(=O)=O)cn1)[C@@H](C)c1cc(C(F)(F)F)cc(C(F)(F)F)c1. The molecule has 56 heavy (non-hydrogen) atoms. The van der Waals surface area contributed by atoms with Crippen molar-refractivity contribution in [2.24, 2.45) is 11.8 Å². The highest BCUT2D eigenvalue weighted by atomic mass is 32.2. The molecular weight excluding hydrogens is 787 g/mol. The molecule has 20 heteroatoms. The van der Waals surface area contributed by atoms with Gasteiger partial charge in [-0.1, -0.05) is 0 Å². The zero-order valence-electron chi connectivity index (χ0n) is 30.3. The summed E-state index contributed by atoms with van der Waals surface area (Å²) in [7, 11) is -3.42. The van der Waals surface area contributed by atoms with Crippen molar-refractivity contribution in [3.63, 3.8) is 0 Å². The molecule has 3 atom stereocenters. The van der Waals surface area contributed by atoms with Gasteiger partial charge in [0.05, 0.1) is 47.3 Å². The van der Waals surface area contributed by atoms with Crippen molar-refractivity contribution >= 4 is 33.2 Å². The first-order valence-corrected chi connectivity index (χ1v) is 19.3. The molecule has 1 N–H and O–H groups in total. The number of alkyl halides is 9. The van der Waals surface area contributed by atoms with E-state index in [2.05, 4.69) is 9.97 Å². The van der Waals surface area contributed by atoms with E-state index in [0.717, 1.165) is 35.7 Å². The van der Waals surface area contributed by atoms with Crippen LogP contribution in [0.25, 0.3) is 0 Å². The standard InChI is InChI=1S/C36H39F9N4O6S/c1-4-48(19-22-5-6-23(15-32(51)52)31(50)11-22)30-8-7-26(34(37,38)39)14-25(30)20-49(33-46-17-29(18-47-33)55-9-10-56(3,53)54)21(2)24-12-27(35(40,41)42)16-28(13-24)36(43,44)45/h7-8,12-14,16-18,21-23H,4-6,9-11,15,19-20H2,1-3H3,(H,51,52)/t21-,22-,23+/m0/s1. The third-order valence-corrected chi connectivity index (χ3v) is 10.3. The molecule has 3 aromatic rings. The van der Waals surface area contributed by atoms with Gasteiger partial charge >= 0.3 is 24.5 Å². The first-order chi connectivity index (χ1) is 25.9. The second-order valence-corrected chi connectivity index (χ2v) is 15.9. The summed E-state index contributed by atoms with van der Waals surface area (Å²) in [5.74, 6) is -3.10. The number of carbonyl (C=O) groups is 2. The predicted molar refractivity (Wildman–Crippen MR) is 186 cm³/mol. The minimum atomic E-state index is -5.20. The van der Waals surface area contributed by atoms with Crippen LogP contribution in [-0.4, -0.2) is 66.9 Å². The number of hydrogen-bond acceptors (Lipinski definition) is 9. The summed E-state index contributed by atoms with van der Waals surface area (Å²) >= 11 is 0. The lowest BCUT2D eigenvalue weighted by Crippen LogP contribution is -2.36. The summed E-state index contributed by atoms with van der Waals surface area (Å²) < 4.78 is 154. The maximum absolute atomic E-state index is 14.1. The molecule has 0 amide bonds. The molecular formula is C36H39F9N4O6S. The zero-order valence-corrected chi connectivity index (χ0v) is 31.1. The fourth-order valence-corrected chi connectivity index (χ4v) is 6.83. The van der Waals surface area contributed by atoms with E-state index in [9.17, 15) is 57.5 Å². The molecule has 2 aromatic carbocycles. The molecule has 10 nitrogen and oxygen atoms in total. The normalized spacial score (nSPS) is 17.4. The van der Waals surface area contributed by atoms with Crippen LogP contribution in [0.3, 0.4) is 0 Å². The smallest absolute Gasteiger partial charge is 0.416 e. The Morgan fingerprint density at radius 2 is 1.52 bits per heavy atom. The molecule has 308 valence electrons. The molecule has 1 saturated carbocycles. The number of benzene rings is 2. The van der Waals surface area contributed by atoms with Crippen LogP contribution < -0.4 is 14.5 Å². The first-order valence-electron chi connectivity index (χ1n) is 17.2. The Bertz CT molecular complexity index is 1940.